The molecule has 6 heteroatoms. The molecular formula is C24H29FN4O. The average Bonchev–Trinajstić information content (AvgIpc) is 2.78. The molecule has 0 unspecified atom stereocenters. The molecule has 0 amide bonds. The van der Waals surface area contributed by atoms with E-state index in [9.17, 15) is 9.18 Å². The fourth-order valence-electron chi connectivity index (χ4n) is 4.28. The minimum atomic E-state index is -0.274. The van der Waals surface area contributed by atoms with Gasteiger partial charge in [-0.1, -0.05) is 44.7 Å². The lowest BCUT2D eigenvalue weighted by Crippen LogP contribution is -2.23. The topological polar surface area (TPSA) is 59.8 Å². The van der Waals surface area contributed by atoms with Gasteiger partial charge in [0.2, 0.25) is 5.95 Å². The molecule has 1 N–H and O–H groups in total. The Morgan fingerprint density at radius 2 is 1.93 bits per heavy atom. The predicted molar refractivity (Wildman–Crippen MR) is 119 cm³/mol. The number of pyridine rings is 1. The summed E-state index contributed by atoms with van der Waals surface area (Å²) >= 11 is 0. The van der Waals surface area contributed by atoms with E-state index in [1.54, 1.807) is 22.9 Å². The third-order valence-electron chi connectivity index (χ3n) is 5.97. The monoisotopic (exact) mass is 408 g/mol. The summed E-state index contributed by atoms with van der Waals surface area (Å²) in [6, 6.07) is 6.31. The first-order valence-electron chi connectivity index (χ1n) is 11.0. The molecule has 1 saturated carbocycles. The van der Waals surface area contributed by atoms with Gasteiger partial charge in [0.15, 0.2) is 0 Å². The molecule has 0 aliphatic heterocycles. The second-order valence-corrected chi connectivity index (χ2v) is 8.22. The summed E-state index contributed by atoms with van der Waals surface area (Å²) in [5.41, 5.74) is 2.70. The first-order chi connectivity index (χ1) is 14.7. The van der Waals surface area contributed by atoms with Gasteiger partial charge in [0.1, 0.15) is 5.82 Å². The van der Waals surface area contributed by atoms with E-state index >= 15 is 0 Å². The molecule has 30 heavy (non-hydrogen) atoms. The molecule has 1 aliphatic carbocycles. The normalized spacial score (nSPS) is 14.9. The number of halogens is 1. The summed E-state index contributed by atoms with van der Waals surface area (Å²) in [7, 11) is 0. The van der Waals surface area contributed by atoms with Gasteiger partial charge in [-0.25, -0.2) is 14.4 Å². The van der Waals surface area contributed by atoms with Crippen molar-refractivity contribution in [1.82, 2.24) is 14.5 Å². The number of rotatable bonds is 7. The molecule has 2 heterocycles. The third kappa shape index (κ3) is 4.53. The minimum absolute atomic E-state index is 0.103. The van der Waals surface area contributed by atoms with Gasteiger partial charge < -0.3 is 9.88 Å². The molecule has 1 aliphatic rings. The van der Waals surface area contributed by atoms with Crippen molar-refractivity contribution in [3.63, 3.8) is 0 Å². The maximum absolute atomic E-state index is 13.3. The highest BCUT2D eigenvalue weighted by Gasteiger charge is 2.21. The molecule has 158 valence electrons. The van der Waals surface area contributed by atoms with E-state index in [0.717, 1.165) is 48.9 Å². The number of hydrogen-bond donors (Lipinski definition) is 1. The SMILES string of the molecule is CCCCNc1ncc2c(=O)n(Cc3ccc(F)cc3)cc(C3CCCCC3)c2n1. The van der Waals surface area contributed by atoms with E-state index in [4.69, 9.17) is 4.98 Å². The zero-order valence-corrected chi connectivity index (χ0v) is 17.5. The lowest BCUT2D eigenvalue weighted by atomic mass is 9.84. The van der Waals surface area contributed by atoms with Gasteiger partial charge in [-0.2, -0.15) is 0 Å². The fraction of sp³-hybridized carbons (Fsp3) is 0.458. The van der Waals surface area contributed by atoms with Crippen molar-refractivity contribution in [3.05, 3.63) is 64.0 Å². The van der Waals surface area contributed by atoms with Crippen molar-refractivity contribution in [2.75, 3.05) is 11.9 Å². The summed E-state index contributed by atoms with van der Waals surface area (Å²) in [5.74, 6) is 0.715. The van der Waals surface area contributed by atoms with E-state index < -0.39 is 0 Å². The second kappa shape index (κ2) is 9.37. The van der Waals surface area contributed by atoms with Gasteiger partial charge >= 0.3 is 0 Å². The van der Waals surface area contributed by atoms with Crippen LogP contribution in [0.3, 0.4) is 0 Å². The Morgan fingerprint density at radius 1 is 1.17 bits per heavy atom. The van der Waals surface area contributed by atoms with E-state index in [0.29, 0.717) is 23.8 Å². The molecular weight excluding hydrogens is 379 g/mol. The van der Waals surface area contributed by atoms with Gasteiger partial charge in [0, 0.05) is 18.9 Å². The highest BCUT2D eigenvalue weighted by Crippen LogP contribution is 2.35. The van der Waals surface area contributed by atoms with Crippen LogP contribution in [-0.2, 0) is 6.54 Å². The largest absolute Gasteiger partial charge is 0.354 e. The standard InChI is InChI=1S/C24H29FN4O/c1-2-3-13-26-24-27-14-20-22(28-24)21(18-7-5-4-6-8-18)16-29(23(20)30)15-17-9-11-19(25)12-10-17/h9-12,14,16,18H,2-8,13,15H2,1H3,(H,26,27,28). The van der Waals surface area contributed by atoms with Crippen molar-refractivity contribution in [3.8, 4) is 0 Å². The predicted octanol–water partition coefficient (Wildman–Crippen LogP) is 5.24. The highest BCUT2D eigenvalue weighted by atomic mass is 19.1. The number of benzene rings is 1. The second-order valence-electron chi connectivity index (χ2n) is 8.22. The van der Waals surface area contributed by atoms with Crippen LogP contribution in [0.5, 0.6) is 0 Å². The van der Waals surface area contributed by atoms with Crippen LogP contribution in [0, 0.1) is 5.82 Å². The molecule has 0 bridgehead atoms. The van der Waals surface area contributed by atoms with Crippen LogP contribution < -0.4 is 10.9 Å². The van der Waals surface area contributed by atoms with Crippen molar-refractivity contribution >= 4 is 16.9 Å². The number of aromatic nitrogens is 3. The van der Waals surface area contributed by atoms with Crippen molar-refractivity contribution in [2.45, 2.75) is 64.3 Å². The summed E-state index contributed by atoms with van der Waals surface area (Å²) in [4.78, 5) is 22.4. The number of anilines is 1. The number of fused-ring (bicyclic) bond motifs is 1. The molecule has 3 aromatic rings. The van der Waals surface area contributed by atoms with Crippen LogP contribution in [-0.4, -0.2) is 21.1 Å². The highest BCUT2D eigenvalue weighted by molar-refractivity contribution is 5.81. The molecule has 2 aromatic heterocycles. The molecule has 0 radical (unpaired) electrons. The van der Waals surface area contributed by atoms with Gasteiger partial charge in [-0.15, -0.1) is 0 Å². The van der Waals surface area contributed by atoms with Crippen LogP contribution >= 0.6 is 0 Å². The maximum atomic E-state index is 13.3. The first kappa shape index (κ1) is 20.5. The number of hydrogen-bond acceptors (Lipinski definition) is 4. The summed E-state index contributed by atoms with van der Waals surface area (Å²) in [6.45, 7) is 3.38. The Morgan fingerprint density at radius 3 is 2.67 bits per heavy atom. The Balaban J connectivity index is 1.77. The molecule has 4 rings (SSSR count). The van der Waals surface area contributed by atoms with Crippen molar-refractivity contribution in [1.29, 1.82) is 0 Å². The Bertz CT molecular complexity index is 1060. The van der Waals surface area contributed by atoms with E-state index in [1.165, 1.54) is 31.4 Å². The lowest BCUT2D eigenvalue weighted by molar-refractivity contribution is 0.443. The smallest absolute Gasteiger partial charge is 0.261 e. The molecule has 0 saturated heterocycles. The molecule has 5 nitrogen and oxygen atoms in total. The third-order valence-corrected chi connectivity index (χ3v) is 5.97. The van der Waals surface area contributed by atoms with Gasteiger partial charge in [0.05, 0.1) is 17.4 Å². The molecule has 0 atom stereocenters. The maximum Gasteiger partial charge on any atom is 0.261 e. The van der Waals surface area contributed by atoms with Gasteiger partial charge in [-0.05, 0) is 48.4 Å². The number of nitrogens with one attached hydrogen (secondary N) is 1. The Kier molecular flexibility index (Phi) is 6.41. The first-order valence-corrected chi connectivity index (χ1v) is 11.0. The summed E-state index contributed by atoms with van der Waals surface area (Å²) in [5, 5.41) is 3.84. The van der Waals surface area contributed by atoms with Crippen LogP contribution in [0.4, 0.5) is 10.3 Å². The van der Waals surface area contributed by atoms with Crippen LogP contribution in [0.25, 0.3) is 10.9 Å². The van der Waals surface area contributed by atoms with E-state index in [-0.39, 0.29) is 11.4 Å². The summed E-state index contributed by atoms with van der Waals surface area (Å²) in [6.07, 6.45) is 11.7. The molecule has 1 fully saturated rings. The fourth-order valence-corrected chi connectivity index (χ4v) is 4.28. The van der Waals surface area contributed by atoms with Gasteiger partial charge in [-0.3, -0.25) is 4.79 Å². The van der Waals surface area contributed by atoms with Crippen LogP contribution in [0.1, 0.15) is 68.9 Å². The van der Waals surface area contributed by atoms with E-state index in [1.807, 2.05) is 6.20 Å². The zero-order valence-electron chi connectivity index (χ0n) is 17.5. The van der Waals surface area contributed by atoms with Gasteiger partial charge in [0.25, 0.3) is 5.56 Å². The quantitative estimate of drug-likeness (QED) is 0.543. The number of unbranched alkanes of at least 4 members (excludes halogenated alkanes) is 1. The summed E-state index contributed by atoms with van der Waals surface area (Å²) < 4.78 is 15.0. The van der Waals surface area contributed by atoms with E-state index in [2.05, 4.69) is 17.2 Å². The number of nitrogens with zero attached hydrogens (tertiary/aromatic N) is 3. The lowest BCUT2D eigenvalue weighted by Gasteiger charge is -2.24. The van der Waals surface area contributed by atoms with Crippen molar-refractivity contribution < 1.29 is 4.39 Å². The Labute approximate surface area is 176 Å². The minimum Gasteiger partial charge on any atom is -0.354 e. The molecule has 1 aromatic carbocycles. The Hall–Kier alpha value is -2.76. The molecule has 0 spiro atoms. The average molecular weight is 409 g/mol. The van der Waals surface area contributed by atoms with Crippen molar-refractivity contribution in [2.24, 2.45) is 0 Å². The van der Waals surface area contributed by atoms with Crippen LogP contribution in [0.2, 0.25) is 0 Å². The zero-order chi connectivity index (χ0) is 20.9. The van der Waals surface area contributed by atoms with Crippen LogP contribution in [0.15, 0.2) is 41.5 Å².